The van der Waals surface area contributed by atoms with Crippen LogP contribution in [0.25, 0.3) is 16.8 Å². The predicted octanol–water partition coefficient (Wildman–Crippen LogP) is 2.83. The van der Waals surface area contributed by atoms with E-state index in [2.05, 4.69) is 5.10 Å². The van der Waals surface area contributed by atoms with Gasteiger partial charge in [0.25, 0.3) is 0 Å². The monoisotopic (exact) mass is 327 g/mol. The zero-order valence-electron chi connectivity index (χ0n) is 12.9. The van der Waals surface area contributed by atoms with E-state index in [-0.39, 0.29) is 4.90 Å². The summed E-state index contributed by atoms with van der Waals surface area (Å²) in [5.74, 6) is 0.529. The summed E-state index contributed by atoms with van der Waals surface area (Å²) < 4.78 is 24.8. The second kappa shape index (κ2) is 5.55. The number of rotatable bonds is 3. The molecule has 0 saturated carbocycles. The quantitative estimate of drug-likeness (QED) is 0.802. The molecule has 0 saturated heterocycles. The number of aryl methyl sites for hydroxylation is 1. The highest BCUT2D eigenvalue weighted by atomic mass is 32.2. The third-order valence-corrected chi connectivity index (χ3v) is 4.80. The van der Waals surface area contributed by atoms with Crippen LogP contribution in [0.2, 0.25) is 0 Å². The van der Waals surface area contributed by atoms with Crippen molar-refractivity contribution in [1.82, 2.24) is 9.78 Å². The first-order valence-corrected chi connectivity index (χ1v) is 8.98. The molecule has 0 aliphatic carbocycles. The first-order chi connectivity index (χ1) is 10.9. The van der Waals surface area contributed by atoms with Crippen molar-refractivity contribution in [2.75, 3.05) is 12.0 Å². The lowest BCUT2D eigenvalue weighted by Crippen LogP contribution is -2.02. The highest BCUT2D eigenvalue weighted by Gasteiger charge is 2.16. The van der Waals surface area contributed by atoms with Gasteiger partial charge in [-0.15, -0.1) is 0 Å². The minimum absolute atomic E-state index is 0.285. The van der Waals surface area contributed by atoms with E-state index >= 15 is 0 Å². The topological polar surface area (TPSA) is 78.0 Å². The van der Waals surface area contributed by atoms with Gasteiger partial charge in [-0.3, -0.25) is 0 Å². The minimum atomic E-state index is -3.21. The number of hydrogen-bond donors (Lipinski definition) is 1. The molecule has 5 nitrogen and oxygen atoms in total. The Kier molecular flexibility index (Phi) is 3.69. The molecule has 1 heterocycles. The zero-order chi connectivity index (χ0) is 16.6. The van der Waals surface area contributed by atoms with Crippen LogP contribution in [-0.4, -0.2) is 24.5 Å². The molecule has 0 amide bonds. The van der Waals surface area contributed by atoms with Crippen LogP contribution in [0, 0.1) is 6.92 Å². The third kappa shape index (κ3) is 2.85. The number of nitrogen functional groups attached to an aromatic ring is 1. The zero-order valence-corrected chi connectivity index (χ0v) is 13.7. The Bertz CT molecular complexity index is 944. The number of anilines is 1. The normalized spacial score (nSPS) is 11.6. The highest BCUT2D eigenvalue weighted by Crippen LogP contribution is 2.31. The minimum Gasteiger partial charge on any atom is -0.383 e. The van der Waals surface area contributed by atoms with Crippen molar-refractivity contribution in [2.24, 2.45) is 0 Å². The van der Waals surface area contributed by atoms with Crippen molar-refractivity contribution in [3.05, 3.63) is 60.3 Å². The lowest BCUT2D eigenvalue weighted by Gasteiger charge is -2.06. The summed E-state index contributed by atoms with van der Waals surface area (Å²) in [5.41, 5.74) is 9.60. The van der Waals surface area contributed by atoms with Gasteiger partial charge in [-0.25, -0.2) is 13.1 Å². The van der Waals surface area contributed by atoms with Crippen LogP contribution in [0.1, 0.15) is 5.69 Å². The third-order valence-electron chi connectivity index (χ3n) is 3.67. The Labute approximate surface area is 135 Å². The molecule has 0 aliphatic heterocycles. The average Bonchev–Trinajstić information content (AvgIpc) is 2.82. The van der Waals surface area contributed by atoms with Crippen molar-refractivity contribution < 1.29 is 8.42 Å². The lowest BCUT2D eigenvalue weighted by molar-refractivity contribution is 0.602. The summed E-state index contributed by atoms with van der Waals surface area (Å²) in [6.45, 7) is 1.88. The van der Waals surface area contributed by atoms with E-state index in [1.54, 1.807) is 28.9 Å². The van der Waals surface area contributed by atoms with Gasteiger partial charge in [0.1, 0.15) is 5.82 Å². The molecule has 0 bridgehead atoms. The summed E-state index contributed by atoms with van der Waals surface area (Å²) >= 11 is 0. The Hall–Kier alpha value is -2.60. The fraction of sp³-hybridized carbons (Fsp3) is 0.118. The van der Waals surface area contributed by atoms with E-state index in [1.807, 2.05) is 37.3 Å². The van der Waals surface area contributed by atoms with Crippen molar-refractivity contribution in [3.8, 4) is 16.8 Å². The maximum atomic E-state index is 11.6. The number of benzene rings is 2. The fourth-order valence-electron chi connectivity index (χ4n) is 2.54. The molecule has 0 atom stereocenters. The van der Waals surface area contributed by atoms with Gasteiger partial charge in [0.05, 0.1) is 16.3 Å². The van der Waals surface area contributed by atoms with E-state index in [4.69, 9.17) is 5.73 Å². The molecular weight excluding hydrogens is 310 g/mol. The molecule has 0 radical (unpaired) electrons. The smallest absolute Gasteiger partial charge is 0.175 e. The number of nitrogens with two attached hydrogens (primary N) is 1. The van der Waals surface area contributed by atoms with E-state index in [0.29, 0.717) is 5.82 Å². The molecule has 0 fully saturated rings. The number of aromatic nitrogens is 2. The maximum Gasteiger partial charge on any atom is 0.175 e. The maximum absolute atomic E-state index is 11.6. The Morgan fingerprint density at radius 1 is 1.00 bits per heavy atom. The van der Waals surface area contributed by atoms with E-state index < -0.39 is 9.84 Å². The number of para-hydroxylation sites is 1. The van der Waals surface area contributed by atoms with E-state index in [0.717, 1.165) is 22.5 Å². The molecular formula is C17H17N3O2S. The average molecular weight is 327 g/mol. The van der Waals surface area contributed by atoms with Crippen LogP contribution in [0.15, 0.2) is 59.5 Å². The molecule has 0 unspecified atom stereocenters. The fourth-order valence-corrected chi connectivity index (χ4v) is 3.17. The van der Waals surface area contributed by atoms with Gasteiger partial charge in [0.2, 0.25) is 0 Å². The largest absolute Gasteiger partial charge is 0.383 e. The van der Waals surface area contributed by atoms with Gasteiger partial charge < -0.3 is 5.73 Å². The van der Waals surface area contributed by atoms with Gasteiger partial charge in [0.15, 0.2) is 9.84 Å². The van der Waals surface area contributed by atoms with Crippen molar-refractivity contribution in [3.63, 3.8) is 0 Å². The van der Waals surface area contributed by atoms with Crippen molar-refractivity contribution in [1.29, 1.82) is 0 Å². The standard InChI is InChI=1S/C17H17N3O2S/c1-12-16(13-8-10-15(11-9-13)23(2,21)22)17(18)20(19-12)14-6-4-3-5-7-14/h3-11H,18H2,1-2H3. The number of hydrogen-bond acceptors (Lipinski definition) is 4. The van der Waals surface area contributed by atoms with E-state index in [9.17, 15) is 8.42 Å². The summed E-state index contributed by atoms with van der Waals surface area (Å²) in [7, 11) is -3.21. The van der Waals surface area contributed by atoms with Crippen LogP contribution in [0.4, 0.5) is 5.82 Å². The Morgan fingerprint density at radius 3 is 2.17 bits per heavy atom. The predicted molar refractivity (Wildman–Crippen MR) is 91.3 cm³/mol. The molecule has 2 N–H and O–H groups in total. The van der Waals surface area contributed by atoms with Crippen LogP contribution in [-0.2, 0) is 9.84 Å². The van der Waals surface area contributed by atoms with Crippen LogP contribution in [0.5, 0.6) is 0 Å². The SMILES string of the molecule is Cc1nn(-c2ccccc2)c(N)c1-c1ccc(S(C)(=O)=O)cc1. The molecule has 1 aromatic heterocycles. The first-order valence-electron chi connectivity index (χ1n) is 7.09. The second-order valence-electron chi connectivity index (χ2n) is 5.39. The van der Waals surface area contributed by atoms with Gasteiger partial charge in [0, 0.05) is 11.8 Å². The molecule has 3 rings (SSSR count). The Morgan fingerprint density at radius 2 is 1.61 bits per heavy atom. The van der Waals surface area contributed by atoms with E-state index in [1.165, 1.54) is 6.26 Å². The molecule has 23 heavy (non-hydrogen) atoms. The number of nitrogens with zero attached hydrogens (tertiary/aromatic N) is 2. The van der Waals surface area contributed by atoms with Crippen LogP contribution >= 0.6 is 0 Å². The lowest BCUT2D eigenvalue weighted by atomic mass is 10.1. The highest BCUT2D eigenvalue weighted by molar-refractivity contribution is 7.90. The molecule has 3 aromatic rings. The van der Waals surface area contributed by atoms with Crippen molar-refractivity contribution >= 4 is 15.7 Å². The van der Waals surface area contributed by atoms with Crippen LogP contribution < -0.4 is 5.73 Å². The summed E-state index contributed by atoms with van der Waals surface area (Å²) in [6, 6.07) is 16.3. The molecule has 0 spiro atoms. The summed E-state index contributed by atoms with van der Waals surface area (Å²) in [5, 5.41) is 4.50. The molecule has 118 valence electrons. The second-order valence-corrected chi connectivity index (χ2v) is 7.41. The first kappa shape index (κ1) is 15.3. The van der Waals surface area contributed by atoms with Gasteiger partial charge in [-0.2, -0.15) is 5.10 Å². The van der Waals surface area contributed by atoms with Gasteiger partial charge in [-0.1, -0.05) is 30.3 Å². The molecule has 6 heteroatoms. The molecule has 2 aromatic carbocycles. The summed E-state index contributed by atoms with van der Waals surface area (Å²) in [6.07, 6.45) is 1.19. The summed E-state index contributed by atoms with van der Waals surface area (Å²) in [4.78, 5) is 0.285. The molecule has 0 aliphatic rings. The Balaban J connectivity index is 2.09. The van der Waals surface area contributed by atoms with Crippen LogP contribution in [0.3, 0.4) is 0 Å². The van der Waals surface area contributed by atoms with Gasteiger partial charge in [-0.05, 0) is 36.8 Å². The number of sulfone groups is 1. The van der Waals surface area contributed by atoms with Gasteiger partial charge >= 0.3 is 0 Å². The van der Waals surface area contributed by atoms with Crippen molar-refractivity contribution in [2.45, 2.75) is 11.8 Å².